The van der Waals surface area contributed by atoms with Crippen LogP contribution < -0.4 is 0 Å². The predicted octanol–water partition coefficient (Wildman–Crippen LogP) is 10.2. The van der Waals surface area contributed by atoms with E-state index in [0.29, 0.717) is 5.95 Å². The van der Waals surface area contributed by atoms with Crippen LogP contribution in [0.2, 0.25) is 0 Å². The highest BCUT2D eigenvalue weighted by atomic mass is 15.2. The standard InChI is InChI=1S/C44H30N4/c1-4-10-27(11-5-1)37-26-38(28-12-6-2-7-13-28)46-44(45-37)48-40-24-31-18-16-29(31)22-35(40)34-20-21-39-42(43(34)48)36-23-30-17-19-32(30)25-41(36)47(39)33-14-8-3-9-15-33/h1-15,20-26H,16-19H2. The highest BCUT2D eigenvalue weighted by Gasteiger charge is 2.26. The van der Waals surface area contributed by atoms with E-state index in [4.69, 9.17) is 9.97 Å². The number of hydrogen-bond donors (Lipinski definition) is 0. The van der Waals surface area contributed by atoms with Gasteiger partial charge < -0.3 is 4.57 Å². The summed E-state index contributed by atoms with van der Waals surface area (Å²) in [5.74, 6) is 0.700. The van der Waals surface area contributed by atoms with Crippen molar-refractivity contribution in [3.05, 3.63) is 156 Å². The van der Waals surface area contributed by atoms with Crippen LogP contribution in [0.25, 0.3) is 77.8 Å². The first-order chi connectivity index (χ1) is 23.8. The maximum absolute atomic E-state index is 5.38. The zero-order valence-electron chi connectivity index (χ0n) is 26.3. The lowest BCUT2D eigenvalue weighted by Crippen LogP contribution is -2.09. The van der Waals surface area contributed by atoms with Crippen molar-refractivity contribution in [3.63, 3.8) is 0 Å². The number of aromatic nitrogens is 4. The molecular weight excluding hydrogens is 585 g/mol. The summed E-state index contributed by atoms with van der Waals surface area (Å²) in [6.45, 7) is 0. The fraction of sp³-hybridized carbons (Fsp3) is 0.0909. The maximum Gasteiger partial charge on any atom is 0.235 e. The maximum atomic E-state index is 5.38. The smallest absolute Gasteiger partial charge is 0.235 e. The van der Waals surface area contributed by atoms with E-state index in [0.717, 1.165) is 48.2 Å². The van der Waals surface area contributed by atoms with E-state index in [1.807, 2.05) is 0 Å². The number of rotatable bonds is 4. The minimum Gasteiger partial charge on any atom is -0.309 e. The summed E-state index contributed by atoms with van der Waals surface area (Å²) in [5, 5.41) is 5.07. The van der Waals surface area contributed by atoms with Gasteiger partial charge in [0.1, 0.15) is 0 Å². The van der Waals surface area contributed by atoms with Crippen molar-refractivity contribution in [2.24, 2.45) is 0 Å². The molecule has 2 aliphatic rings. The molecule has 226 valence electrons. The number of para-hydroxylation sites is 1. The summed E-state index contributed by atoms with van der Waals surface area (Å²) in [6, 6.07) is 48.3. The monoisotopic (exact) mass is 614 g/mol. The van der Waals surface area contributed by atoms with Gasteiger partial charge in [-0.3, -0.25) is 4.57 Å². The Hall–Kier alpha value is -6.00. The second kappa shape index (κ2) is 9.76. The third-order valence-corrected chi connectivity index (χ3v) is 10.7. The molecule has 0 bridgehead atoms. The lowest BCUT2D eigenvalue weighted by atomic mass is 9.87. The molecule has 0 atom stereocenters. The molecule has 3 aromatic heterocycles. The van der Waals surface area contributed by atoms with E-state index in [2.05, 4.69) is 143 Å². The lowest BCUT2D eigenvalue weighted by Gasteiger charge is -2.19. The predicted molar refractivity (Wildman–Crippen MR) is 196 cm³/mol. The van der Waals surface area contributed by atoms with E-state index in [1.165, 1.54) is 71.6 Å². The third kappa shape index (κ3) is 3.66. The first kappa shape index (κ1) is 26.1. The molecule has 4 nitrogen and oxygen atoms in total. The topological polar surface area (TPSA) is 35.6 Å². The Kier molecular flexibility index (Phi) is 5.31. The van der Waals surface area contributed by atoms with Gasteiger partial charge in [0.2, 0.25) is 5.95 Å². The Morgan fingerprint density at radius 2 is 0.938 bits per heavy atom. The number of nitrogens with zero attached hydrogens (tertiary/aromatic N) is 4. The molecule has 3 heterocycles. The Morgan fingerprint density at radius 3 is 1.52 bits per heavy atom. The molecule has 0 aliphatic heterocycles. The van der Waals surface area contributed by atoms with Crippen molar-refractivity contribution in [1.29, 1.82) is 0 Å². The normalized spacial score (nSPS) is 13.5. The zero-order valence-corrected chi connectivity index (χ0v) is 26.3. The van der Waals surface area contributed by atoms with Crippen molar-refractivity contribution in [2.75, 3.05) is 0 Å². The molecule has 0 unspecified atom stereocenters. The van der Waals surface area contributed by atoms with Crippen molar-refractivity contribution in [1.82, 2.24) is 19.1 Å². The van der Waals surface area contributed by atoms with Gasteiger partial charge in [0.05, 0.1) is 33.5 Å². The average molecular weight is 615 g/mol. The Bertz CT molecular complexity index is 2700. The van der Waals surface area contributed by atoms with Crippen LogP contribution >= 0.6 is 0 Å². The molecule has 9 aromatic rings. The van der Waals surface area contributed by atoms with Gasteiger partial charge in [0.25, 0.3) is 0 Å². The first-order valence-electron chi connectivity index (χ1n) is 16.9. The van der Waals surface area contributed by atoms with Crippen LogP contribution in [0.5, 0.6) is 0 Å². The highest BCUT2D eigenvalue weighted by molar-refractivity contribution is 6.26. The second-order valence-corrected chi connectivity index (χ2v) is 13.3. The molecule has 0 amide bonds. The molecule has 0 saturated heterocycles. The Balaban J connectivity index is 1.33. The highest BCUT2D eigenvalue weighted by Crippen LogP contribution is 2.45. The molecule has 0 N–H and O–H groups in total. The number of benzene rings is 6. The van der Waals surface area contributed by atoms with Crippen LogP contribution in [0.15, 0.2) is 133 Å². The Morgan fingerprint density at radius 1 is 0.417 bits per heavy atom. The molecule has 4 heteroatoms. The third-order valence-electron chi connectivity index (χ3n) is 10.7. The van der Waals surface area contributed by atoms with Gasteiger partial charge in [0.15, 0.2) is 0 Å². The Labute approximate surface area is 277 Å². The van der Waals surface area contributed by atoms with E-state index >= 15 is 0 Å². The fourth-order valence-electron chi connectivity index (χ4n) is 8.10. The van der Waals surface area contributed by atoms with Crippen LogP contribution in [0, 0.1) is 0 Å². The summed E-state index contributed by atoms with van der Waals surface area (Å²) in [7, 11) is 0. The summed E-state index contributed by atoms with van der Waals surface area (Å²) >= 11 is 0. The van der Waals surface area contributed by atoms with E-state index in [9.17, 15) is 0 Å². The molecule has 0 saturated carbocycles. The lowest BCUT2D eigenvalue weighted by molar-refractivity contribution is 0.842. The van der Waals surface area contributed by atoms with E-state index in [-0.39, 0.29) is 0 Å². The van der Waals surface area contributed by atoms with Gasteiger partial charge in [-0.05, 0) is 96.5 Å². The van der Waals surface area contributed by atoms with Crippen LogP contribution in [0.4, 0.5) is 0 Å². The molecular formula is C44H30N4. The minimum absolute atomic E-state index is 0.700. The van der Waals surface area contributed by atoms with Gasteiger partial charge in [0, 0.05) is 38.4 Å². The quantitative estimate of drug-likeness (QED) is 0.198. The minimum atomic E-state index is 0.700. The van der Waals surface area contributed by atoms with Gasteiger partial charge in [-0.25, -0.2) is 9.97 Å². The van der Waals surface area contributed by atoms with Crippen molar-refractivity contribution in [2.45, 2.75) is 25.7 Å². The van der Waals surface area contributed by atoms with Crippen molar-refractivity contribution >= 4 is 43.6 Å². The molecule has 48 heavy (non-hydrogen) atoms. The molecule has 2 aliphatic carbocycles. The van der Waals surface area contributed by atoms with Crippen LogP contribution in [0.1, 0.15) is 22.3 Å². The molecule has 11 rings (SSSR count). The summed E-state index contributed by atoms with van der Waals surface area (Å²) in [4.78, 5) is 10.8. The van der Waals surface area contributed by atoms with Crippen molar-refractivity contribution < 1.29 is 0 Å². The van der Waals surface area contributed by atoms with Gasteiger partial charge >= 0.3 is 0 Å². The van der Waals surface area contributed by atoms with E-state index < -0.39 is 0 Å². The van der Waals surface area contributed by atoms with Crippen LogP contribution in [-0.4, -0.2) is 19.1 Å². The summed E-state index contributed by atoms with van der Waals surface area (Å²) < 4.78 is 4.83. The molecule has 6 aromatic carbocycles. The second-order valence-electron chi connectivity index (χ2n) is 13.3. The van der Waals surface area contributed by atoms with E-state index in [1.54, 1.807) is 0 Å². The number of hydrogen-bond acceptors (Lipinski definition) is 2. The van der Waals surface area contributed by atoms with Gasteiger partial charge in [-0.2, -0.15) is 0 Å². The molecule has 0 fully saturated rings. The number of aryl methyl sites for hydroxylation is 4. The summed E-state index contributed by atoms with van der Waals surface area (Å²) in [5.41, 5.74) is 15.8. The largest absolute Gasteiger partial charge is 0.309 e. The average Bonchev–Trinajstić information content (AvgIpc) is 3.62. The van der Waals surface area contributed by atoms with Crippen LogP contribution in [0.3, 0.4) is 0 Å². The molecule has 0 spiro atoms. The molecule has 0 radical (unpaired) electrons. The van der Waals surface area contributed by atoms with Crippen LogP contribution in [-0.2, 0) is 25.7 Å². The SMILES string of the molecule is c1ccc(-c2cc(-c3ccccc3)nc(-n3c4cc5c(cc4c4ccc6c(c7cc8c(cc7n6-c6ccccc6)CC8)c43)CC5)n2)cc1. The zero-order chi connectivity index (χ0) is 31.3. The van der Waals surface area contributed by atoms with Gasteiger partial charge in [-0.15, -0.1) is 0 Å². The van der Waals surface area contributed by atoms with Crippen molar-refractivity contribution in [3.8, 4) is 34.2 Å². The fourth-order valence-corrected chi connectivity index (χ4v) is 8.10. The summed E-state index contributed by atoms with van der Waals surface area (Å²) in [6.07, 6.45) is 4.53. The van der Waals surface area contributed by atoms with Gasteiger partial charge in [-0.1, -0.05) is 84.9 Å². The number of fused-ring (bicyclic) bond motifs is 9. The first-order valence-corrected chi connectivity index (χ1v) is 16.9.